The molecule has 2 aromatic rings. The number of benzene rings is 2. The van der Waals surface area contributed by atoms with Gasteiger partial charge < -0.3 is 19.7 Å². The van der Waals surface area contributed by atoms with Gasteiger partial charge in [0.2, 0.25) is 0 Å². The van der Waals surface area contributed by atoms with Gasteiger partial charge in [0, 0.05) is 30.1 Å². The van der Waals surface area contributed by atoms with Gasteiger partial charge in [-0.3, -0.25) is 0 Å². The second-order valence-corrected chi connectivity index (χ2v) is 5.87. The molecule has 0 fully saturated rings. The van der Waals surface area contributed by atoms with Crippen molar-refractivity contribution in [2.24, 2.45) is 0 Å². The van der Waals surface area contributed by atoms with E-state index in [-0.39, 0.29) is 0 Å². The van der Waals surface area contributed by atoms with Crippen molar-refractivity contribution in [1.82, 2.24) is 5.32 Å². The van der Waals surface area contributed by atoms with E-state index in [9.17, 15) is 0 Å². The van der Waals surface area contributed by atoms with E-state index in [1.54, 1.807) is 24.5 Å². The van der Waals surface area contributed by atoms with Gasteiger partial charge in [0.1, 0.15) is 17.8 Å². The third-order valence-electron chi connectivity index (χ3n) is 3.41. The Morgan fingerprint density at radius 2 is 2.04 bits per heavy atom. The first kappa shape index (κ1) is 16.0. The van der Waals surface area contributed by atoms with Gasteiger partial charge in [-0.1, -0.05) is 23.2 Å². The van der Waals surface area contributed by atoms with Gasteiger partial charge >= 0.3 is 0 Å². The van der Waals surface area contributed by atoms with Gasteiger partial charge in [-0.15, -0.1) is 0 Å². The number of nitrogens with one attached hydrogen (secondary N) is 1. The molecular formula is C17H16Cl2N2O2. The number of hydrogen-bond donors (Lipinski definition) is 1. The monoisotopic (exact) mass is 350 g/mol. The summed E-state index contributed by atoms with van der Waals surface area (Å²) in [5.41, 5.74) is 2.09. The van der Waals surface area contributed by atoms with Gasteiger partial charge in [0.15, 0.2) is 6.73 Å². The summed E-state index contributed by atoms with van der Waals surface area (Å²) >= 11 is 12.0. The summed E-state index contributed by atoms with van der Waals surface area (Å²) in [5.74, 6) is 1.42. The molecule has 3 rings (SSSR count). The molecule has 0 atom stereocenters. The smallest absolute Gasteiger partial charge is 0.164 e. The topological polar surface area (TPSA) is 33.7 Å². The number of rotatable bonds is 5. The van der Waals surface area contributed by atoms with E-state index < -0.39 is 0 Å². The number of ether oxygens (including phenoxy) is 2. The molecule has 0 saturated heterocycles. The van der Waals surface area contributed by atoms with Crippen molar-refractivity contribution in [3.63, 3.8) is 0 Å². The van der Waals surface area contributed by atoms with E-state index >= 15 is 0 Å². The van der Waals surface area contributed by atoms with E-state index in [1.807, 2.05) is 30.3 Å². The number of nitrogens with zero attached hydrogens (tertiary/aromatic N) is 1. The predicted molar refractivity (Wildman–Crippen MR) is 93.3 cm³/mol. The standard InChI is InChI=1S/C17H16Cl2N2O2/c1-20-10-12-8-13(21-6-7-22-11-21)2-5-17(12)23-14-3-4-15(18)16(19)9-14/h2-9,20H,10-11H2,1H3. The first-order chi connectivity index (χ1) is 11.2. The Hall–Kier alpha value is -1.88. The van der Waals surface area contributed by atoms with Crippen molar-refractivity contribution in [1.29, 1.82) is 0 Å². The molecule has 1 N–H and O–H groups in total. The molecule has 120 valence electrons. The van der Waals surface area contributed by atoms with Crippen LogP contribution < -0.4 is 15.0 Å². The van der Waals surface area contributed by atoms with Crippen LogP contribution in [0.2, 0.25) is 10.0 Å². The minimum absolute atomic E-state index is 0.468. The maximum absolute atomic E-state index is 6.04. The Morgan fingerprint density at radius 3 is 2.74 bits per heavy atom. The fourth-order valence-electron chi connectivity index (χ4n) is 2.28. The molecule has 0 amide bonds. The SMILES string of the molecule is CNCc1cc(N2C=COC2)ccc1Oc1ccc(Cl)c(Cl)c1. The molecule has 0 spiro atoms. The van der Waals surface area contributed by atoms with Crippen LogP contribution in [0.3, 0.4) is 0 Å². The quantitative estimate of drug-likeness (QED) is 0.841. The molecule has 4 nitrogen and oxygen atoms in total. The van der Waals surface area contributed by atoms with Gasteiger partial charge in [-0.05, 0) is 37.4 Å². The highest BCUT2D eigenvalue weighted by atomic mass is 35.5. The molecule has 0 saturated carbocycles. The van der Waals surface area contributed by atoms with Gasteiger partial charge in [0.05, 0.1) is 10.0 Å². The highest BCUT2D eigenvalue weighted by Crippen LogP contribution is 2.33. The molecule has 1 aliphatic rings. The lowest BCUT2D eigenvalue weighted by Crippen LogP contribution is -2.14. The van der Waals surface area contributed by atoms with Crippen LogP contribution in [0.4, 0.5) is 5.69 Å². The van der Waals surface area contributed by atoms with Crippen molar-refractivity contribution in [3.8, 4) is 11.5 Å². The molecule has 0 radical (unpaired) electrons. The molecule has 6 heteroatoms. The normalized spacial score (nSPS) is 13.3. The Labute approximate surface area is 145 Å². The second-order valence-electron chi connectivity index (χ2n) is 5.05. The van der Waals surface area contributed by atoms with Crippen molar-refractivity contribution in [3.05, 3.63) is 64.5 Å². The summed E-state index contributed by atoms with van der Waals surface area (Å²) < 4.78 is 11.2. The van der Waals surface area contributed by atoms with Crippen LogP contribution in [0.1, 0.15) is 5.56 Å². The zero-order valence-corrected chi connectivity index (χ0v) is 14.1. The van der Waals surface area contributed by atoms with Crippen molar-refractivity contribution in [2.75, 3.05) is 18.7 Å². The second kappa shape index (κ2) is 7.13. The minimum atomic E-state index is 0.468. The fraction of sp³-hybridized carbons (Fsp3) is 0.176. The highest BCUT2D eigenvalue weighted by Gasteiger charge is 2.12. The first-order valence-electron chi connectivity index (χ1n) is 7.13. The third-order valence-corrected chi connectivity index (χ3v) is 4.15. The van der Waals surface area contributed by atoms with Crippen molar-refractivity contribution >= 4 is 28.9 Å². The summed E-state index contributed by atoms with van der Waals surface area (Å²) in [6, 6.07) is 11.2. The summed E-state index contributed by atoms with van der Waals surface area (Å²) in [7, 11) is 1.90. The van der Waals surface area contributed by atoms with Gasteiger partial charge in [0.25, 0.3) is 0 Å². The van der Waals surface area contributed by atoms with Crippen LogP contribution in [-0.2, 0) is 11.3 Å². The number of halogens is 2. The summed E-state index contributed by atoms with van der Waals surface area (Å²) in [4.78, 5) is 2.02. The van der Waals surface area contributed by atoms with E-state index in [4.69, 9.17) is 32.7 Å². The molecule has 0 bridgehead atoms. The zero-order chi connectivity index (χ0) is 16.2. The average Bonchev–Trinajstić information content (AvgIpc) is 3.07. The van der Waals surface area contributed by atoms with Crippen LogP contribution in [0, 0.1) is 0 Å². The van der Waals surface area contributed by atoms with Crippen molar-refractivity contribution in [2.45, 2.75) is 6.54 Å². The predicted octanol–water partition coefficient (Wildman–Crippen LogP) is 4.77. The van der Waals surface area contributed by atoms with E-state index in [0.29, 0.717) is 29.1 Å². The summed E-state index contributed by atoms with van der Waals surface area (Å²) in [6.07, 6.45) is 3.58. The maximum atomic E-state index is 6.04. The van der Waals surface area contributed by atoms with E-state index in [0.717, 1.165) is 17.0 Å². The lowest BCUT2D eigenvalue weighted by Gasteiger charge is -2.18. The van der Waals surface area contributed by atoms with E-state index in [1.165, 1.54) is 0 Å². The average molecular weight is 351 g/mol. The molecule has 23 heavy (non-hydrogen) atoms. The lowest BCUT2D eigenvalue weighted by atomic mass is 10.1. The molecule has 1 aliphatic heterocycles. The molecule has 0 aromatic heterocycles. The van der Waals surface area contributed by atoms with Crippen LogP contribution >= 0.6 is 23.2 Å². The van der Waals surface area contributed by atoms with Crippen molar-refractivity contribution < 1.29 is 9.47 Å². The first-order valence-corrected chi connectivity index (χ1v) is 7.88. The van der Waals surface area contributed by atoms with Crippen LogP contribution in [0.5, 0.6) is 11.5 Å². The molecular weight excluding hydrogens is 335 g/mol. The molecule has 0 unspecified atom stereocenters. The van der Waals surface area contributed by atoms with Crippen LogP contribution in [-0.4, -0.2) is 13.8 Å². The van der Waals surface area contributed by atoms with E-state index in [2.05, 4.69) is 11.4 Å². The zero-order valence-electron chi connectivity index (χ0n) is 12.6. The molecule has 0 aliphatic carbocycles. The number of anilines is 1. The van der Waals surface area contributed by atoms with Gasteiger partial charge in [-0.25, -0.2) is 0 Å². The lowest BCUT2D eigenvalue weighted by molar-refractivity contribution is 0.282. The summed E-state index contributed by atoms with van der Waals surface area (Å²) in [5, 5.41) is 4.13. The van der Waals surface area contributed by atoms with Crippen LogP contribution in [0.25, 0.3) is 0 Å². The third kappa shape index (κ3) is 3.72. The Bertz CT molecular complexity index is 735. The Balaban J connectivity index is 1.87. The maximum Gasteiger partial charge on any atom is 0.164 e. The molecule has 1 heterocycles. The van der Waals surface area contributed by atoms with Crippen LogP contribution in [0.15, 0.2) is 48.9 Å². The van der Waals surface area contributed by atoms with Gasteiger partial charge in [-0.2, -0.15) is 0 Å². The number of hydrogen-bond acceptors (Lipinski definition) is 4. The minimum Gasteiger partial charge on any atom is -0.479 e. The summed E-state index contributed by atoms with van der Waals surface area (Å²) in [6.45, 7) is 1.20. The highest BCUT2D eigenvalue weighted by molar-refractivity contribution is 6.42. The fourth-order valence-corrected chi connectivity index (χ4v) is 2.57. The molecule has 2 aromatic carbocycles. The Morgan fingerprint density at radius 1 is 1.17 bits per heavy atom. The Kier molecular flexibility index (Phi) is 4.96. The largest absolute Gasteiger partial charge is 0.479 e.